The molecule has 2 aromatic rings. The second kappa shape index (κ2) is 6.12. The van der Waals surface area contributed by atoms with E-state index in [0.717, 1.165) is 0 Å². The summed E-state index contributed by atoms with van der Waals surface area (Å²) in [5.74, 6) is 0.460. The Balaban J connectivity index is 2.42. The van der Waals surface area contributed by atoms with Crippen LogP contribution in [-0.2, 0) is 0 Å². The van der Waals surface area contributed by atoms with Crippen molar-refractivity contribution < 1.29 is 0 Å². The Kier molecular flexibility index (Phi) is 4.46. The van der Waals surface area contributed by atoms with Crippen LogP contribution < -0.4 is 0 Å². The van der Waals surface area contributed by atoms with Gasteiger partial charge in [-0.05, 0) is 147 Å². The number of hydrogen-bond donors (Lipinski definition) is 0. The number of benzene rings is 2. The van der Waals surface area contributed by atoms with Gasteiger partial charge in [0.25, 0.3) is 0 Å². The van der Waals surface area contributed by atoms with Crippen molar-refractivity contribution in [3.63, 3.8) is 0 Å². The van der Waals surface area contributed by atoms with E-state index in [-0.39, 0.29) is 0 Å². The Morgan fingerprint density at radius 3 is 1.23 bits per heavy atom. The van der Waals surface area contributed by atoms with E-state index >= 15 is 0 Å². The molecule has 26 heavy (non-hydrogen) atoms. The summed E-state index contributed by atoms with van der Waals surface area (Å²) in [5, 5.41) is 0. The first-order valence-electron chi connectivity index (χ1n) is 9.90. The molecule has 0 nitrogen and oxygen atoms in total. The molecule has 0 heterocycles. The third kappa shape index (κ3) is 2.27. The van der Waals surface area contributed by atoms with Crippen molar-refractivity contribution in [3.05, 3.63) is 66.8 Å². The van der Waals surface area contributed by atoms with E-state index in [1.807, 2.05) is 0 Å². The third-order valence-electron chi connectivity index (χ3n) is 7.65. The SMILES string of the molecule is CC1=C(c2c(C)c(C)c(C)c(C)c2C)C(C)c2c(C)c(C)c(C)c(C)c21. The van der Waals surface area contributed by atoms with E-state index in [2.05, 4.69) is 76.2 Å². The fourth-order valence-corrected chi connectivity index (χ4v) is 5.28. The first kappa shape index (κ1) is 19.0. The predicted molar refractivity (Wildman–Crippen MR) is 116 cm³/mol. The van der Waals surface area contributed by atoms with Gasteiger partial charge in [-0.2, -0.15) is 0 Å². The molecule has 0 fully saturated rings. The lowest BCUT2D eigenvalue weighted by molar-refractivity contribution is 0.968. The van der Waals surface area contributed by atoms with Gasteiger partial charge in [0.15, 0.2) is 0 Å². The van der Waals surface area contributed by atoms with Crippen molar-refractivity contribution in [2.75, 3.05) is 0 Å². The van der Waals surface area contributed by atoms with Crippen molar-refractivity contribution in [2.24, 2.45) is 0 Å². The summed E-state index contributed by atoms with van der Waals surface area (Å²) in [5.41, 5.74) is 20.8. The topological polar surface area (TPSA) is 0 Å². The van der Waals surface area contributed by atoms with Crippen molar-refractivity contribution in [2.45, 2.75) is 82.1 Å². The monoisotopic (exact) mass is 346 g/mol. The van der Waals surface area contributed by atoms with Crippen LogP contribution >= 0.6 is 0 Å². The van der Waals surface area contributed by atoms with Gasteiger partial charge >= 0.3 is 0 Å². The fourth-order valence-electron chi connectivity index (χ4n) is 5.28. The zero-order chi connectivity index (χ0) is 19.7. The normalized spacial score (nSPS) is 16.5. The lowest BCUT2D eigenvalue weighted by Gasteiger charge is -2.23. The fraction of sp³-hybridized carbons (Fsp3) is 0.462. The lowest BCUT2D eigenvalue weighted by atomic mass is 9.81. The largest absolute Gasteiger partial charge is 0.0542 e. The summed E-state index contributed by atoms with van der Waals surface area (Å²) < 4.78 is 0. The number of hydrogen-bond acceptors (Lipinski definition) is 0. The second-order valence-electron chi connectivity index (χ2n) is 8.55. The average Bonchev–Trinajstić information content (AvgIpc) is 2.86. The zero-order valence-electron chi connectivity index (χ0n) is 18.6. The van der Waals surface area contributed by atoms with Crippen LogP contribution in [0.4, 0.5) is 0 Å². The van der Waals surface area contributed by atoms with Crippen LogP contribution in [0.2, 0.25) is 0 Å². The van der Waals surface area contributed by atoms with Gasteiger partial charge in [-0.15, -0.1) is 0 Å². The molecule has 0 N–H and O–H groups in total. The highest BCUT2D eigenvalue weighted by Gasteiger charge is 2.33. The molecule has 0 bridgehead atoms. The van der Waals surface area contributed by atoms with Gasteiger partial charge in [-0.3, -0.25) is 0 Å². The first-order valence-corrected chi connectivity index (χ1v) is 9.90. The maximum absolute atomic E-state index is 2.41. The molecule has 2 aromatic carbocycles. The molecule has 0 spiro atoms. The Labute approximate surface area is 160 Å². The molecule has 0 saturated heterocycles. The molecule has 0 aliphatic heterocycles. The summed E-state index contributed by atoms with van der Waals surface area (Å²) in [6.45, 7) is 25.4. The van der Waals surface area contributed by atoms with Gasteiger partial charge in [0.1, 0.15) is 0 Å². The first-order chi connectivity index (χ1) is 12.0. The van der Waals surface area contributed by atoms with Crippen molar-refractivity contribution >= 4 is 11.1 Å². The Bertz CT molecular complexity index is 951. The van der Waals surface area contributed by atoms with Crippen LogP contribution in [0.3, 0.4) is 0 Å². The highest BCUT2D eigenvalue weighted by Crippen LogP contribution is 2.52. The maximum Gasteiger partial charge on any atom is 0.00788 e. The Morgan fingerprint density at radius 1 is 0.423 bits per heavy atom. The standard InChI is InChI=1S/C26H34/c1-12-13(2)17(6)23(18(7)14(12)3)26-21(10)24-19(8)15(4)16(5)20(9)25(24)22(26)11/h21H,1-11H3. The molecule has 1 aliphatic carbocycles. The number of rotatable bonds is 1. The molecule has 0 saturated carbocycles. The average molecular weight is 347 g/mol. The highest BCUT2D eigenvalue weighted by molar-refractivity contribution is 6.01. The number of fused-ring (bicyclic) bond motifs is 1. The molecule has 1 aliphatic rings. The van der Waals surface area contributed by atoms with Crippen LogP contribution in [0, 0.1) is 62.3 Å². The molecular weight excluding hydrogens is 312 g/mol. The van der Waals surface area contributed by atoms with E-state index in [0.29, 0.717) is 5.92 Å². The molecular formula is C26H34. The van der Waals surface area contributed by atoms with Crippen LogP contribution in [0.5, 0.6) is 0 Å². The van der Waals surface area contributed by atoms with Crippen molar-refractivity contribution in [1.82, 2.24) is 0 Å². The van der Waals surface area contributed by atoms with Crippen LogP contribution in [0.1, 0.15) is 86.5 Å². The smallest absolute Gasteiger partial charge is 0.00788 e. The van der Waals surface area contributed by atoms with Crippen LogP contribution in [0.25, 0.3) is 11.1 Å². The van der Waals surface area contributed by atoms with E-state index < -0.39 is 0 Å². The second-order valence-corrected chi connectivity index (χ2v) is 8.55. The van der Waals surface area contributed by atoms with E-state index in [1.165, 1.54) is 66.8 Å². The Hall–Kier alpha value is -1.82. The molecule has 1 unspecified atom stereocenters. The molecule has 1 atom stereocenters. The molecule has 0 amide bonds. The van der Waals surface area contributed by atoms with Crippen molar-refractivity contribution in [1.29, 1.82) is 0 Å². The summed E-state index contributed by atoms with van der Waals surface area (Å²) in [4.78, 5) is 0. The Morgan fingerprint density at radius 2 is 0.769 bits per heavy atom. The minimum absolute atomic E-state index is 0.460. The molecule has 0 aromatic heterocycles. The highest BCUT2D eigenvalue weighted by atomic mass is 14.4. The van der Waals surface area contributed by atoms with Gasteiger partial charge in [0.05, 0.1) is 0 Å². The van der Waals surface area contributed by atoms with Gasteiger partial charge in [0.2, 0.25) is 0 Å². The molecule has 0 radical (unpaired) electrons. The molecule has 138 valence electrons. The third-order valence-corrected chi connectivity index (χ3v) is 7.65. The molecule has 3 rings (SSSR count). The van der Waals surface area contributed by atoms with Gasteiger partial charge in [0, 0.05) is 5.92 Å². The van der Waals surface area contributed by atoms with Gasteiger partial charge in [-0.25, -0.2) is 0 Å². The molecule has 0 heteroatoms. The van der Waals surface area contributed by atoms with Crippen LogP contribution in [-0.4, -0.2) is 0 Å². The minimum atomic E-state index is 0.460. The zero-order valence-corrected chi connectivity index (χ0v) is 18.6. The van der Waals surface area contributed by atoms with Crippen LogP contribution in [0.15, 0.2) is 0 Å². The maximum atomic E-state index is 2.41. The lowest BCUT2D eigenvalue weighted by Crippen LogP contribution is -2.06. The predicted octanol–water partition coefficient (Wildman–Crippen LogP) is 7.51. The van der Waals surface area contributed by atoms with Gasteiger partial charge in [-0.1, -0.05) is 6.92 Å². The summed E-state index contributed by atoms with van der Waals surface area (Å²) in [6.07, 6.45) is 0. The van der Waals surface area contributed by atoms with E-state index in [4.69, 9.17) is 0 Å². The summed E-state index contributed by atoms with van der Waals surface area (Å²) >= 11 is 0. The summed E-state index contributed by atoms with van der Waals surface area (Å²) in [7, 11) is 0. The number of allylic oxidation sites excluding steroid dienone is 2. The van der Waals surface area contributed by atoms with E-state index in [1.54, 1.807) is 11.1 Å². The van der Waals surface area contributed by atoms with E-state index in [9.17, 15) is 0 Å². The van der Waals surface area contributed by atoms with Crippen molar-refractivity contribution in [3.8, 4) is 0 Å². The summed E-state index contributed by atoms with van der Waals surface area (Å²) in [6, 6.07) is 0. The quantitative estimate of drug-likeness (QED) is 0.501. The van der Waals surface area contributed by atoms with Gasteiger partial charge < -0.3 is 0 Å². The minimum Gasteiger partial charge on any atom is -0.0542 e.